The number of fused-ring (bicyclic) bond motifs is 1. The highest BCUT2D eigenvalue weighted by Crippen LogP contribution is 2.32. The number of rotatable bonds is 3. The summed E-state index contributed by atoms with van der Waals surface area (Å²) in [7, 11) is 0. The topological polar surface area (TPSA) is 93.3 Å². The molecule has 0 bridgehead atoms. The number of aromatic carboxylic acids is 1. The molecule has 1 N–H and O–H groups in total. The first-order valence-corrected chi connectivity index (χ1v) is 7.24. The molecule has 0 saturated carbocycles. The van der Waals surface area contributed by atoms with Crippen molar-refractivity contribution < 1.29 is 9.90 Å². The van der Waals surface area contributed by atoms with Gasteiger partial charge in [-0.15, -0.1) is 0 Å². The summed E-state index contributed by atoms with van der Waals surface area (Å²) >= 11 is 2.50. The molecular formula is C11H9N5O2S2. The maximum Gasteiger partial charge on any atom is 0.347 e. The number of carbonyl (C=O) groups is 1. The van der Waals surface area contributed by atoms with Crippen LogP contribution in [0.1, 0.15) is 21.1 Å². The quantitative estimate of drug-likeness (QED) is 0.740. The summed E-state index contributed by atoms with van der Waals surface area (Å²) in [6.07, 6.45) is 1.43. The van der Waals surface area contributed by atoms with Crippen LogP contribution in [0.2, 0.25) is 0 Å². The zero-order valence-corrected chi connectivity index (χ0v) is 12.2. The molecule has 0 aliphatic carbocycles. The number of hydrogen-bond acceptors (Lipinski definition) is 7. The van der Waals surface area contributed by atoms with Gasteiger partial charge in [0.05, 0.1) is 5.69 Å². The summed E-state index contributed by atoms with van der Waals surface area (Å²) in [5.74, 6) is -0.442. The third-order valence-corrected chi connectivity index (χ3v) is 4.72. The van der Waals surface area contributed by atoms with Gasteiger partial charge in [-0.1, -0.05) is 11.3 Å². The van der Waals surface area contributed by atoms with E-state index in [1.807, 2.05) is 13.0 Å². The third-order valence-electron chi connectivity index (χ3n) is 2.51. The van der Waals surface area contributed by atoms with Crippen molar-refractivity contribution in [3.05, 3.63) is 28.7 Å². The Balaban J connectivity index is 2.03. The second-order valence-electron chi connectivity index (χ2n) is 4.01. The monoisotopic (exact) mass is 307 g/mol. The first kappa shape index (κ1) is 13.0. The Morgan fingerprint density at radius 2 is 2.20 bits per heavy atom. The van der Waals surface area contributed by atoms with Crippen LogP contribution in [0.3, 0.4) is 0 Å². The average Bonchev–Trinajstić information content (AvgIpc) is 2.95. The van der Waals surface area contributed by atoms with E-state index in [0.717, 1.165) is 22.1 Å². The van der Waals surface area contributed by atoms with E-state index in [1.54, 1.807) is 11.4 Å². The fraction of sp³-hybridized carbons (Fsp3) is 0.182. The molecule has 20 heavy (non-hydrogen) atoms. The maximum absolute atomic E-state index is 11.0. The molecule has 0 aromatic carbocycles. The molecule has 3 rings (SSSR count). The number of aromatic nitrogens is 5. The Hall–Kier alpha value is -2.00. The fourth-order valence-corrected chi connectivity index (χ4v) is 3.79. The maximum atomic E-state index is 11.0. The molecule has 0 radical (unpaired) electrons. The summed E-state index contributed by atoms with van der Waals surface area (Å²) in [6.45, 7) is 3.56. The molecule has 3 aromatic heterocycles. The summed E-state index contributed by atoms with van der Waals surface area (Å²) in [6, 6.07) is 1.86. The van der Waals surface area contributed by atoms with Crippen molar-refractivity contribution in [1.29, 1.82) is 0 Å². The third kappa shape index (κ3) is 2.25. The SMILES string of the molecule is Cc1cc(Sc2nc(C)c(C(=O)O)s2)n2ncnc2n1. The lowest BCUT2D eigenvalue weighted by atomic mass is 10.4. The number of carboxylic acids is 1. The number of aryl methyl sites for hydroxylation is 2. The van der Waals surface area contributed by atoms with Gasteiger partial charge in [0.2, 0.25) is 0 Å². The fourth-order valence-electron chi connectivity index (χ4n) is 1.67. The van der Waals surface area contributed by atoms with Crippen LogP contribution in [0.5, 0.6) is 0 Å². The van der Waals surface area contributed by atoms with Gasteiger partial charge in [0.15, 0.2) is 4.34 Å². The Bertz CT molecular complexity index is 810. The second-order valence-corrected chi connectivity index (χ2v) is 6.28. The van der Waals surface area contributed by atoms with Gasteiger partial charge < -0.3 is 5.11 Å². The molecule has 0 amide bonds. The van der Waals surface area contributed by atoms with Gasteiger partial charge in [-0.05, 0) is 31.7 Å². The lowest BCUT2D eigenvalue weighted by molar-refractivity contribution is 0.0701. The van der Waals surface area contributed by atoms with E-state index < -0.39 is 5.97 Å². The zero-order chi connectivity index (χ0) is 14.3. The minimum Gasteiger partial charge on any atom is -0.477 e. The van der Waals surface area contributed by atoms with E-state index in [2.05, 4.69) is 20.1 Å². The van der Waals surface area contributed by atoms with Crippen molar-refractivity contribution in [3.63, 3.8) is 0 Å². The molecule has 0 spiro atoms. The summed E-state index contributed by atoms with van der Waals surface area (Å²) in [5, 5.41) is 14.0. The van der Waals surface area contributed by atoms with Crippen LogP contribution in [0, 0.1) is 13.8 Å². The molecule has 0 saturated heterocycles. The second kappa shape index (κ2) is 4.84. The van der Waals surface area contributed by atoms with Crippen molar-refractivity contribution in [2.24, 2.45) is 0 Å². The summed E-state index contributed by atoms with van der Waals surface area (Å²) < 4.78 is 2.26. The molecular weight excluding hydrogens is 298 g/mol. The van der Waals surface area contributed by atoms with E-state index in [9.17, 15) is 4.79 Å². The van der Waals surface area contributed by atoms with E-state index in [0.29, 0.717) is 15.8 Å². The Morgan fingerprint density at radius 3 is 2.90 bits per heavy atom. The van der Waals surface area contributed by atoms with E-state index in [1.165, 1.54) is 18.1 Å². The van der Waals surface area contributed by atoms with Crippen LogP contribution >= 0.6 is 23.1 Å². The van der Waals surface area contributed by atoms with E-state index in [4.69, 9.17) is 5.11 Å². The van der Waals surface area contributed by atoms with Crippen molar-refractivity contribution in [1.82, 2.24) is 24.6 Å². The highest BCUT2D eigenvalue weighted by molar-refractivity contribution is 8.01. The summed E-state index contributed by atoms with van der Waals surface area (Å²) in [5.41, 5.74) is 1.34. The minimum absolute atomic E-state index is 0.258. The van der Waals surface area contributed by atoms with Crippen molar-refractivity contribution in [2.75, 3.05) is 0 Å². The predicted molar refractivity (Wildman–Crippen MR) is 73.5 cm³/mol. The minimum atomic E-state index is -0.955. The molecule has 0 fully saturated rings. The highest BCUT2D eigenvalue weighted by atomic mass is 32.2. The van der Waals surface area contributed by atoms with Gasteiger partial charge in [-0.3, -0.25) is 0 Å². The average molecular weight is 307 g/mol. The van der Waals surface area contributed by atoms with Crippen LogP contribution in [-0.4, -0.2) is 35.6 Å². The Labute approximate surface area is 121 Å². The first-order valence-electron chi connectivity index (χ1n) is 5.60. The zero-order valence-electron chi connectivity index (χ0n) is 10.6. The lowest BCUT2D eigenvalue weighted by Crippen LogP contribution is -1.96. The van der Waals surface area contributed by atoms with E-state index >= 15 is 0 Å². The first-order chi connectivity index (χ1) is 9.54. The van der Waals surface area contributed by atoms with Gasteiger partial charge in [0.25, 0.3) is 5.78 Å². The molecule has 3 aromatic rings. The van der Waals surface area contributed by atoms with Crippen LogP contribution in [0.4, 0.5) is 0 Å². The van der Waals surface area contributed by atoms with Crippen molar-refractivity contribution in [2.45, 2.75) is 23.2 Å². The van der Waals surface area contributed by atoms with Gasteiger partial charge in [0.1, 0.15) is 16.2 Å². The van der Waals surface area contributed by atoms with E-state index in [-0.39, 0.29) is 4.88 Å². The largest absolute Gasteiger partial charge is 0.477 e. The molecule has 102 valence electrons. The van der Waals surface area contributed by atoms with Crippen molar-refractivity contribution in [3.8, 4) is 0 Å². The highest BCUT2D eigenvalue weighted by Gasteiger charge is 2.16. The molecule has 9 heteroatoms. The Kier molecular flexibility index (Phi) is 3.14. The molecule has 0 aliphatic rings. The number of thiazole rings is 1. The van der Waals surface area contributed by atoms with Crippen molar-refractivity contribution >= 4 is 34.8 Å². The molecule has 0 atom stereocenters. The molecule has 0 aliphatic heterocycles. The van der Waals surface area contributed by atoms with Gasteiger partial charge >= 0.3 is 5.97 Å². The van der Waals surface area contributed by atoms with Crippen LogP contribution in [-0.2, 0) is 0 Å². The smallest absolute Gasteiger partial charge is 0.347 e. The lowest BCUT2D eigenvalue weighted by Gasteiger charge is -2.02. The normalized spacial score (nSPS) is 11.1. The standard InChI is InChI=1S/C11H9N5O2S2/c1-5-3-7(16-10(14-5)12-4-13-16)19-11-15-6(2)8(20-11)9(17)18/h3-4H,1-2H3,(H,17,18). The van der Waals surface area contributed by atoms with Crippen LogP contribution in [0.15, 0.2) is 21.8 Å². The molecule has 3 heterocycles. The van der Waals surface area contributed by atoms with Gasteiger partial charge in [0, 0.05) is 5.69 Å². The predicted octanol–water partition coefficient (Wildman–Crippen LogP) is 2.05. The summed E-state index contributed by atoms with van der Waals surface area (Å²) in [4.78, 5) is 23.9. The van der Waals surface area contributed by atoms with Gasteiger partial charge in [-0.2, -0.15) is 14.6 Å². The Morgan fingerprint density at radius 1 is 1.40 bits per heavy atom. The number of hydrogen-bond donors (Lipinski definition) is 1. The van der Waals surface area contributed by atoms with Gasteiger partial charge in [-0.25, -0.2) is 14.8 Å². The number of nitrogens with zero attached hydrogens (tertiary/aromatic N) is 5. The molecule has 0 unspecified atom stereocenters. The molecule has 7 nitrogen and oxygen atoms in total. The van der Waals surface area contributed by atoms with Crippen LogP contribution < -0.4 is 0 Å². The van der Waals surface area contributed by atoms with Crippen LogP contribution in [0.25, 0.3) is 5.78 Å². The number of carboxylic acid groups (broad SMARTS) is 1.